The SMILES string of the molecule is O=C1COc2cccc(c2)-c2ccc(F)c(c2)C(=O)N[C@H]2CN(C(=O)c3cn[nH]c3)C[C@@H]2Oc2ccc(cc2)CN1. The molecule has 3 N–H and O–H groups in total. The first-order valence-corrected chi connectivity index (χ1v) is 13.1. The number of rotatable bonds is 1. The molecule has 4 aromatic rings. The highest BCUT2D eigenvalue weighted by molar-refractivity contribution is 5.97. The zero-order valence-corrected chi connectivity index (χ0v) is 21.8. The van der Waals surface area contributed by atoms with E-state index in [1.54, 1.807) is 47.4 Å². The second-order valence-electron chi connectivity index (χ2n) is 9.87. The zero-order valence-electron chi connectivity index (χ0n) is 21.8. The van der Waals surface area contributed by atoms with Crippen molar-refractivity contribution in [3.05, 3.63) is 102 Å². The van der Waals surface area contributed by atoms with Gasteiger partial charge in [-0.1, -0.05) is 30.3 Å². The van der Waals surface area contributed by atoms with Gasteiger partial charge in [0.05, 0.1) is 29.9 Å². The van der Waals surface area contributed by atoms with Crippen LogP contribution in [0, 0.1) is 5.82 Å². The Kier molecular flexibility index (Phi) is 7.07. The molecule has 208 valence electrons. The Labute approximate surface area is 234 Å². The van der Waals surface area contributed by atoms with Gasteiger partial charge in [0.1, 0.15) is 23.4 Å². The molecular formula is C30H26FN5O5. The summed E-state index contributed by atoms with van der Waals surface area (Å²) in [6.07, 6.45) is 2.32. The van der Waals surface area contributed by atoms with E-state index in [0.717, 1.165) is 5.56 Å². The minimum absolute atomic E-state index is 0.148. The highest BCUT2D eigenvalue weighted by Crippen LogP contribution is 2.27. The molecule has 3 aromatic carbocycles. The monoisotopic (exact) mass is 555 g/mol. The number of amides is 3. The molecule has 3 amide bonds. The van der Waals surface area contributed by atoms with Gasteiger partial charge in [0, 0.05) is 19.3 Å². The highest BCUT2D eigenvalue weighted by atomic mass is 19.1. The number of aromatic amines is 1. The lowest BCUT2D eigenvalue weighted by molar-refractivity contribution is -0.123. The molecule has 1 aromatic heterocycles. The van der Waals surface area contributed by atoms with Gasteiger partial charge in [-0.05, 0) is 53.1 Å². The minimum atomic E-state index is -0.685. The van der Waals surface area contributed by atoms with Gasteiger partial charge in [0.25, 0.3) is 17.7 Å². The van der Waals surface area contributed by atoms with Gasteiger partial charge in [0.15, 0.2) is 6.61 Å². The van der Waals surface area contributed by atoms with E-state index in [0.29, 0.717) is 34.7 Å². The normalized spacial score (nSPS) is 18.9. The number of halogens is 1. The van der Waals surface area contributed by atoms with E-state index in [1.807, 2.05) is 12.1 Å². The van der Waals surface area contributed by atoms with Gasteiger partial charge in [-0.2, -0.15) is 5.10 Å². The maximum absolute atomic E-state index is 14.9. The van der Waals surface area contributed by atoms with E-state index in [2.05, 4.69) is 20.8 Å². The summed E-state index contributed by atoms with van der Waals surface area (Å²) in [6.45, 7) is 0.474. The largest absolute Gasteiger partial charge is 0.486 e. The molecule has 0 unspecified atom stereocenters. The first kappa shape index (κ1) is 26.1. The van der Waals surface area contributed by atoms with Crippen LogP contribution in [0.4, 0.5) is 4.39 Å². The number of benzene rings is 3. The Morgan fingerprint density at radius 3 is 2.61 bits per heavy atom. The summed E-state index contributed by atoms with van der Waals surface area (Å²) in [5.74, 6) is -0.895. The van der Waals surface area contributed by atoms with Crippen molar-refractivity contribution in [2.24, 2.45) is 0 Å². The van der Waals surface area contributed by atoms with Gasteiger partial charge in [-0.15, -0.1) is 0 Å². The van der Waals surface area contributed by atoms with E-state index in [1.165, 1.54) is 24.5 Å². The molecule has 10 nitrogen and oxygen atoms in total. The fourth-order valence-corrected chi connectivity index (χ4v) is 4.90. The maximum Gasteiger partial charge on any atom is 0.258 e. The number of nitrogens with one attached hydrogen (secondary N) is 3. The molecule has 1 saturated heterocycles. The second-order valence-corrected chi connectivity index (χ2v) is 9.87. The number of H-pyrrole nitrogens is 1. The van der Waals surface area contributed by atoms with Crippen LogP contribution in [0.25, 0.3) is 11.1 Å². The summed E-state index contributed by atoms with van der Waals surface area (Å²) >= 11 is 0. The molecular weight excluding hydrogens is 529 g/mol. The fourth-order valence-electron chi connectivity index (χ4n) is 4.90. The summed E-state index contributed by atoms with van der Waals surface area (Å²) in [6, 6.07) is 17.8. The van der Waals surface area contributed by atoms with Crippen LogP contribution >= 0.6 is 0 Å². The number of fused-ring (bicyclic) bond motifs is 7. The van der Waals surface area contributed by atoms with E-state index in [-0.39, 0.29) is 37.1 Å². The summed E-state index contributed by atoms with van der Waals surface area (Å²) in [5, 5.41) is 12.2. The van der Waals surface area contributed by atoms with E-state index in [9.17, 15) is 18.8 Å². The third kappa shape index (κ3) is 5.74. The Morgan fingerprint density at radius 2 is 1.80 bits per heavy atom. The quantitative estimate of drug-likeness (QED) is 0.332. The topological polar surface area (TPSA) is 126 Å². The molecule has 6 bridgehead atoms. The molecule has 0 radical (unpaired) electrons. The van der Waals surface area contributed by atoms with Crippen LogP contribution in [-0.2, 0) is 11.3 Å². The van der Waals surface area contributed by atoms with Crippen molar-refractivity contribution in [2.75, 3.05) is 19.7 Å². The predicted molar refractivity (Wildman–Crippen MR) is 146 cm³/mol. The van der Waals surface area contributed by atoms with E-state index >= 15 is 0 Å². The maximum atomic E-state index is 14.9. The zero-order chi connectivity index (χ0) is 28.3. The Hall–Kier alpha value is -5.19. The first-order valence-electron chi connectivity index (χ1n) is 13.1. The summed E-state index contributed by atoms with van der Waals surface area (Å²) in [7, 11) is 0. The standard InChI is InChI=1S/C30H26FN5O5/c31-25-9-6-20-11-24(25)29(38)35-26-15-36(30(39)21-13-33-34-14-21)16-27(26)41-22-7-4-18(5-8-22)12-32-28(37)17-40-23-3-1-2-19(20)10-23/h1-11,13-14,26-27H,12,15-17H2,(H,32,37)(H,33,34)(H,35,38)/t26-,27-/m0/s1. The lowest BCUT2D eigenvalue weighted by Crippen LogP contribution is -2.45. The van der Waals surface area contributed by atoms with Crippen LogP contribution in [0.5, 0.6) is 11.5 Å². The van der Waals surface area contributed by atoms with E-state index in [4.69, 9.17) is 9.47 Å². The molecule has 0 saturated carbocycles. The molecule has 0 spiro atoms. The van der Waals surface area contributed by atoms with Crippen molar-refractivity contribution in [2.45, 2.75) is 18.7 Å². The van der Waals surface area contributed by atoms with Crippen LogP contribution in [0.1, 0.15) is 26.3 Å². The van der Waals surface area contributed by atoms with Gasteiger partial charge in [-0.3, -0.25) is 19.5 Å². The third-order valence-electron chi connectivity index (χ3n) is 7.06. The van der Waals surface area contributed by atoms with Crippen LogP contribution in [0.2, 0.25) is 0 Å². The molecule has 1 fully saturated rings. The Bertz CT molecular complexity index is 1590. The fraction of sp³-hybridized carbons (Fsp3) is 0.200. The van der Waals surface area contributed by atoms with Crippen molar-refractivity contribution in [1.29, 1.82) is 0 Å². The molecule has 41 heavy (non-hydrogen) atoms. The van der Waals surface area contributed by atoms with Gasteiger partial charge in [0.2, 0.25) is 0 Å². The van der Waals surface area contributed by atoms with Crippen LogP contribution < -0.4 is 20.1 Å². The van der Waals surface area contributed by atoms with Crippen molar-refractivity contribution in [1.82, 2.24) is 25.7 Å². The molecule has 3 aliphatic rings. The van der Waals surface area contributed by atoms with Gasteiger partial charge >= 0.3 is 0 Å². The van der Waals surface area contributed by atoms with Gasteiger partial charge < -0.3 is 25.0 Å². The molecule has 11 heteroatoms. The number of ether oxygens (including phenoxy) is 2. The van der Waals surface area contributed by atoms with E-state index < -0.39 is 23.9 Å². The number of likely N-dealkylation sites (tertiary alicyclic amines) is 1. The van der Waals surface area contributed by atoms with Crippen molar-refractivity contribution < 1.29 is 28.2 Å². The van der Waals surface area contributed by atoms with Crippen LogP contribution in [0.3, 0.4) is 0 Å². The number of nitrogens with zero attached hydrogens (tertiary/aromatic N) is 2. The number of carbonyl (C=O) groups excluding carboxylic acids is 3. The lowest BCUT2D eigenvalue weighted by Gasteiger charge is -2.21. The summed E-state index contributed by atoms with van der Waals surface area (Å²) in [4.78, 5) is 40.4. The lowest BCUT2D eigenvalue weighted by atomic mass is 10.0. The molecule has 0 aliphatic carbocycles. The van der Waals surface area contributed by atoms with Crippen molar-refractivity contribution >= 4 is 17.7 Å². The average molecular weight is 556 g/mol. The van der Waals surface area contributed by atoms with Crippen molar-refractivity contribution in [3.63, 3.8) is 0 Å². The third-order valence-corrected chi connectivity index (χ3v) is 7.06. The Balaban J connectivity index is 1.34. The van der Waals surface area contributed by atoms with Crippen molar-refractivity contribution in [3.8, 4) is 22.6 Å². The number of carbonyl (C=O) groups is 3. The molecule has 7 rings (SSSR count). The molecule has 2 atom stereocenters. The Morgan fingerprint density at radius 1 is 0.976 bits per heavy atom. The smallest absolute Gasteiger partial charge is 0.258 e. The van der Waals surface area contributed by atoms with Gasteiger partial charge in [-0.25, -0.2) is 4.39 Å². The minimum Gasteiger partial charge on any atom is -0.486 e. The molecule has 3 aliphatic heterocycles. The first-order chi connectivity index (χ1) is 19.9. The van der Waals surface area contributed by atoms with Crippen LogP contribution in [-0.4, -0.2) is 64.7 Å². The predicted octanol–water partition coefficient (Wildman–Crippen LogP) is 2.93. The number of hydrogen-bond donors (Lipinski definition) is 3. The summed E-state index contributed by atoms with van der Waals surface area (Å²) in [5.41, 5.74) is 2.36. The number of hydrogen-bond acceptors (Lipinski definition) is 6. The number of aromatic nitrogens is 2. The highest BCUT2D eigenvalue weighted by Gasteiger charge is 2.39. The molecule has 4 heterocycles. The second kappa shape index (κ2) is 11.1. The average Bonchev–Trinajstić information content (AvgIpc) is 3.66. The van der Waals surface area contributed by atoms with Crippen LogP contribution in [0.15, 0.2) is 79.1 Å². The summed E-state index contributed by atoms with van der Waals surface area (Å²) < 4.78 is 26.8.